The van der Waals surface area contributed by atoms with Crippen LogP contribution in [0.15, 0.2) is 0 Å². The number of hydrogen-bond acceptors (Lipinski definition) is 4. The molecule has 6 nitrogen and oxygen atoms in total. The van der Waals surface area contributed by atoms with Gasteiger partial charge in [0, 0.05) is 0 Å². The van der Waals surface area contributed by atoms with Crippen molar-refractivity contribution in [3.63, 3.8) is 0 Å². The maximum atomic E-state index is 9.61. The molecule has 0 heterocycles. The molecule has 0 saturated carbocycles. The van der Waals surface area contributed by atoms with Gasteiger partial charge in [0.25, 0.3) is 0 Å². The van der Waals surface area contributed by atoms with Gasteiger partial charge < -0.3 is 0 Å². The van der Waals surface area contributed by atoms with Gasteiger partial charge in [-0.25, -0.2) is 0 Å². The molecule has 0 aliphatic carbocycles. The summed E-state index contributed by atoms with van der Waals surface area (Å²) in [6, 6.07) is 0. The second kappa shape index (κ2) is 2.82. The Morgan fingerprint density at radius 3 is 1.75 bits per heavy atom. The van der Waals surface area contributed by atoms with E-state index in [0.29, 0.717) is 0 Å². The van der Waals surface area contributed by atoms with Crippen LogP contribution in [0.2, 0.25) is 0 Å². The van der Waals surface area contributed by atoms with Gasteiger partial charge in [-0.05, 0) is 0 Å². The Kier molecular flexibility index (Phi) is 2.97. The van der Waals surface area contributed by atoms with Crippen molar-refractivity contribution in [2.45, 2.75) is 0 Å². The Balaban J connectivity index is 3.94. The summed E-state index contributed by atoms with van der Waals surface area (Å²) >= 11 is -9.41. The molecule has 8 heavy (non-hydrogen) atoms. The monoisotopic (exact) mass is 224 g/mol. The molecule has 0 aromatic rings. The van der Waals surface area contributed by atoms with Gasteiger partial charge in [0.1, 0.15) is 0 Å². The second-order valence-corrected chi connectivity index (χ2v) is 5.22. The van der Waals surface area contributed by atoms with Crippen LogP contribution in [-0.4, -0.2) is 22.7 Å². The molecule has 0 radical (unpaired) electrons. The first-order valence-electron chi connectivity index (χ1n) is 1.31. The van der Waals surface area contributed by atoms with Crippen molar-refractivity contribution in [2.24, 2.45) is 0 Å². The van der Waals surface area contributed by atoms with Gasteiger partial charge in [-0.1, -0.05) is 0 Å². The van der Waals surface area contributed by atoms with Crippen LogP contribution >= 0.6 is 0 Å². The molecule has 48 valence electrons. The average molecular weight is 224 g/mol. The number of rotatable bonds is 2. The van der Waals surface area contributed by atoms with Crippen LogP contribution in [0, 0.1) is 0 Å². The summed E-state index contributed by atoms with van der Waals surface area (Å²) in [5.74, 6) is 0. The summed E-state index contributed by atoms with van der Waals surface area (Å²) in [5.41, 5.74) is 0. The summed E-state index contributed by atoms with van der Waals surface area (Å²) < 4.78 is 47.2. The summed E-state index contributed by atoms with van der Waals surface area (Å²) in [5, 5.41) is 0. The minimum atomic E-state index is -5.33. The molecule has 0 rings (SSSR count). The van der Waals surface area contributed by atoms with Crippen molar-refractivity contribution < 1.29 is 37.3 Å². The van der Waals surface area contributed by atoms with Gasteiger partial charge in [-0.15, -0.1) is 0 Å². The van der Waals surface area contributed by atoms with Crippen molar-refractivity contribution in [1.82, 2.24) is 0 Å². The molecule has 0 aromatic carbocycles. The third kappa shape index (κ3) is 6.42. The van der Waals surface area contributed by atoms with Gasteiger partial charge in [0.15, 0.2) is 0 Å². The summed E-state index contributed by atoms with van der Waals surface area (Å²) in [6.07, 6.45) is 0. The van der Waals surface area contributed by atoms with Gasteiger partial charge in [-0.2, -0.15) is 0 Å². The van der Waals surface area contributed by atoms with E-state index in [0.717, 1.165) is 0 Å². The molecule has 0 spiro atoms. The number of hydrogen-bond donors (Lipinski definition) is 2. The fourth-order valence-electron chi connectivity index (χ4n) is 0.0868. The maximum absolute atomic E-state index is 9.61. The molecule has 0 bridgehead atoms. The normalized spacial score (nSPS) is 11.2. The zero-order valence-corrected chi connectivity index (χ0v) is 6.70. The molecule has 0 fully saturated rings. The SMILES string of the molecule is [O]=[V](=[O])[O][As](=O)(O)O. The second-order valence-electron chi connectivity index (χ2n) is 0.796. The van der Waals surface area contributed by atoms with E-state index >= 15 is 0 Å². The van der Waals surface area contributed by atoms with E-state index < -0.39 is 29.9 Å². The van der Waals surface area contributed by atoms with E-state index in [2.05, 4.69) is 2.65 Å². The third-order valence-electron chi connectivity index (χ3n) is 0.173. The Labute approximate surface area is 52.2 Å². The molecule has 0 atom stereocenters. The fraction of sp³-hybridized carbons (Fsp3) is 0. The third-order valence-corrected chi connectivity index (χ3v) is 3.71. The molecule has 0 aromatic heterocycles. The van der Waals surface area contributed by atoms with Gasteiger partial charge in [-0.3, -0.25) is 0 Å². The van der Waals surface area contributed by atoms with Crippen molar-refractivity contribution in [3.05, 3.63) is 0 Å². The van der Waals surface area contributed by atoms with Crippen LogP contribution in [0.25, 0.3) is 0 Å². The molecule has 0 saturated heterocycles. The van der Waals surface area contributed by atoms with Gasteiger partial charge in [0.2, 0.25) is 0 Å². The van der Waals surface area contributed by atoms with E-state index in [1.807, 2.05) is 0 Å². The van der Waals surface area contributed by atoms with Crippen LogP contribution in [-0.2, 0) is 29.1 Å². The summed E-state index contributed by atoms with van der Waals surface area (Å²) in [4.78, 5) is 0. The van der Waals surface area contributed by atoms with Crippen LogP contribution in [0.1, 0.15) is 0 Å². The van der Waals surface area contributed by atoms with Crippen molar-refractivity contribution in [1.29, 1.82) is 0 Å². The molecular formula is H2AsO6V. The van der Waals surface area contributed by atoms with Crippen LogP contribution < -0.4 is 0 Å². The molecule has 8 heteroatoms. The molecule has 0 unspecified atom stereocenters. The average Bonchev–Trinajstić information content (AvgIpc) is 1.21. The van der Waals surface area contributed by atoms with E-state index in [4.69, 9.17) is 8.19 Å². The van der Waals surface area contributed by atoms with E-state index in [1.165, 1.54) is 0 Å². The van der Waals surface area contributed by atoms with Crippen LogP contribution in [0.4, 0.5) is 0 Å². The molecular weight excluding hydrogens is 222 g/mol. The van der Waals surface area contributed by atoms with Crippen LogP contribution in [0.3, 0.4) is 0 Å². The van der Waals surface area contributed by atoms with E-state index in [9.17, 15) is 11.1 Å². The minimum absolute atomic E-state index is 3.20. The first-order chi connectivity index (χ1) is 3.42. The topological polar surface area (TPSA) is 101 Å². The quantitative estimate of drug-likeness (QED) is 0.530. The van der Waals surface area contributed by atoms with Gasteiger partial charge >= 0.3 is 51.8 Å². The summed E-state index contributed by atoms with van der Waals surface area (Å²) in [6.45, 7) is 0. The standard InChI is InChI=1S/AsH3O4.2O.V/c2-1(3,4)5;;;/h(H3,2,3,4,5);;;/q;;;+1/p-1. The first kappa shape index (κ1) is 8.42. The first-order valence-corrected chi connectivity index (χ1v) is 6.23. The zero-order valence-electron chi connectivity index (χ0n) is 3.42. The molecule has 2 N–H and O–H groups in total. The zero-order chi connectivity index (χ0) is 6.78. The predicted octanol–water partition coefficient (Wildman–Crippen LogP) is -1.92. The summed E-state index contributed by atoms with van der Waals surface area (Å²) in [7, 11) is 0. The Morgan fingerprint density at radius 1 is 1.38 bits per heavy atom. The van der Waals surface area contributed by atoms with E-state index in [1.54, 1.807) is 0 Å². The van der Waals surface area contributed by atoms with Crippen molar-refractivity contribution in [3.8, 4) is 0 Å². The Bertz CT molecular complexity index is 163. The van der Waals surface area contributed by atoms with E-state index in [-0.39, 0.29) is 0 Å². The molecule has 0 aliphatic heterocycles. The van der Waals surface area contributed by atoms with Crippen LogP contribution in [0.5, 0.6) is 0 Å². The predicted molar refractivity (Wildman–Crippen MR) is 13.3 cm³/mol. The molecule has 0 aliphatic rings. The van der Waals surface area contributed by atoms with Crippen molar-refractivity contribution >= 4 is 14.5 Å². The van der Waals surface area contributed by atoms with Gasteiger partial charge in [0.05, 0.1) is 0 Å². The fourth-order valence-corrected chi connectivity index (χ4v) is 1.86. The Morgan fingerprint density at radius 2 is 1.75 bits per heavy atom. The Hall–Kier alpha value is 0.423. The van der Waals surface area contributed by atoms with Crippen molar-refractivity contribution in [2.75, 3.05) is 0 Å². The molecule has 0 amide bonds.